The van der Waals surface area contributed by atoms with Crippen LogP contribution in [0.5, 0.6) is 0 Å². The zero-order valence-corrected chi connectivity index (χ0v) is 7.71. The molecule has 2 aliphatic rings. The third kappa shape index (κ3) is 1.99. The van der Waals surface area contributed by atoms with Gasteiger partial charge >= 0.3 is 0 Å². The van der Waals surface area contributed by atoms with Crippen molar-refractivity contribution in [3.8, 4) is 0 Å². The topological polar surface area (TPSA) is 23.5 Å². The maximum Gasteiger partial charge on any atom is 0.0667 e. The average Bonchev–Trinajstić information content (AvgIpc) is 1.97. The predicted octanol–water partition coefficient (Wildman–Crippen LogP) is 1.24. The first-order chi connectivity index (χ1) is 5.84. The van der Waals surface area contributed by atoms with Gasteiger partial charge in [0, 0.05) is 13.1 Å². The van der Waals surface area contributed by atoms with E-state index in [1.54, 1.807) is 0 Å². The number of hydrogen-bond acceptors (Lipinski definition) is 2. The molecular weight excluding hydrogens is 150 g/mol. The Bertz CT molecular complexity index is 145. The largest absolute Gasteiger partial charge is 0.392 e. The van der Waals surface area contributed by atoms with E-state index in [2.05, 4.69) is 4.90 Å². The minimum absolute atomic E-state index is 0.0428. The highest BCUT2D eigenvalue weighted by Gasteiger charge is 2.23. The lowest BCUT2D eigenvalue weighted by atomic mass is 9.85. The predicted molar refractivity (Wildman–Crippen MR) is 49.0 cm³/mol. The Balaban J connectivity index is 1.71. The molecule has 70 valence electrons. The zero-order valence-electron chi connectivity index (χ0n) is 7.71. The Hall–Kier alpha value is -0.0800. The van der Waals surface area contributed by atoms with Crippen molar-refractivity contribution in [1.29, 1.82) is 0 Å². The van der Waals surface area contributed by atoms with Crippen molar-refractivity contribution in [1.82, 2.24) is 4.90 Å². The van der Waals surface area contributed by atoms with Gasteiger partial charge in [-0.15, -0.1) is 0 Å². The lowest BCUT2D eigenvalue weighted by molar-refractivity contribution is 0.0533. The van der Waals surface area contributed by atoms with E-state index < -0.39 is 0 Å². The number of aliphatic hydroxyl groups excluding tert-OH is 1. The first kappa shape index (κ1) is 8.52. The van der Waals surface area contributed by atoms with Crippen LogP contribution in [0, 0.1) is 5.92 Å². The van der Waals surface area contributed by atoms with Gasteiger partial charge in [0.15, 0.2) is 0 Å². The quantitative estimate of drug-likeness (QED) is 0.672. The number of hydrogen-bond donors (Lipinski definition) is 1. The van der Waals surface area contributed by atoms with Crippen molar-refractivity contribution in [2.75, 3.05) is 19.6 Å². The number of nitrogens with zero attached hydrogens (tertiary/aromatic N) is 1. The molecule has 2 rings (SSSR count). The second-order valence-electron chi connectivity index (χ2n) is 4.35. The van der Waals surface area contributed by atoms with E-state index in [1.807, 2.05) is 0 Å². The van der Waals surface area contributed by atoms with Crippen LogP contribution in [0.25, 0.3) is 0 Å². The summed E-state index contributed by atoms with van der Waals surface area (Å²) in [5.41, 5.74) is 0. The van der Waals surface area contributed by atoms with Crippen LogP contribution in [-0.2, 0) is 0 Å². The summed E-state index contributed by atoms with van der Waals surface area (Å²) in [5, 5.41) is 9.44. The van der Waals surface area contributed by atoms with Crippen molar-refractivity contribution < 1.29 is 5.11 Å². The van der Waals surface area contributed by atoms with Gasteiger partial charge in [0.25, 0.3) is 0 Å². The minimum Gasteiger partial charge on any atom is -0.392 e. The Morgan fingerprint density at radius 2 is 2.00 bits per heavy atom. The molecule has 0 unspecified atom stereocenters. The summed E-state index contributed by atoms with van der Waals surface area (Å²) in [6.45, 7) is 3.39. The van der Waals surface area contributed by atoms with Gasteiger partial charge < -0.3 is 10.0 Å². The Morgan fingerprint density at radius 1 is 1.17 bits per heavy atom. The molecule has 0 aromatic heterocycles. The van der Waals surface area contributed by atoms with E-state index in [4.69, 9.17) is 0 Å². The molecule has 1 aliphatic carbocycles. The normalized spacial score (nSPS) is 33.2. The Morgan fingerprint density at radius 3 is 2.58 bits per heavy atom. The molecule has 1 saturated carbocycles. The van der Waals surface area contributed by atoms with Gasteiger partial charge in [0.2, 0.25) is 0 Å². The highest BCUT2D eigenvalue weighted by Crippen LogP contribution is 2.27. The van der Waals surface area contributed by atoms with Crippen molar-refractivity contribution in [3.63, 3.8) is 0 Å². The molecule has 0 bridgehead atoms. The molecule has 0 radical (unpaired) electrons. The number of aliphatic hydroxyl groups is 1. The van der Waals surface area contributed by atoms with Crippen LogP contribution in [0.4, 0.5) is 0 Å². The van der Waals surface area contributed by atoms with Gasteiger partial charge in [-0.3, -0.25) is 0 Å². The zero-order chi connectivity index (χ0) is 8.39. The lowest BCUT2D eigenvalue weighted by Gasteiger charge is -2.36. The average molecular weight is 169 g/mol. The number of piperidine rings is 1. The molecule has 0 aromatic rings. The van der Waals surface area contributed by atoms with Crippen LogP contribution in [0.3, 0.4) is 0 Å². The molecule has 0 aromatic carbocycles. The molecule has 1 saturated heterocycles. The maximum atomic E-state index is 9.44. The van der Waals surface area contributed by atoms with Crippen LogP contribution in [-0.4, -0.2) is 35.7 Å². The summed E-state index contributed by atoms with van der Waals surface area (Å²) in [6, 6.07) is 0. The van der Waals surface area contributed by atoms with Gasteiger partial charge in [-0.2, -0.15) is 0 Å². The van der Waals surface area contributed by atoms with Gasteiger partial charge in [-0.05, 0) is 38.1 Å². The standard InChI is InChI=1S/C10H19NO/c12-10-5-2-6-11(8-10)7-9-3-1-4-9/h9-10,12H,1-8H2/t10-/m0/s1. The van der Waals surface area contributed by atoms with E-state index in [9.17, 15) is 5.11 Å². The molecule has 2 fully saturated rings. The van der Waals surface area contributed by atoms with Crippen LogP contribution in [0.1, 0.15) is 32.1 Å². The number of likely N-dealkylation sites (tertiary alicyclic amines) is 1. The maximum absolute atomic E-state index is 9.44. The first-order valence-corrected chi connectivity index (χ1v) is 5.25. The Labute approximate surface area is 74.6 Å². The van der Waals surface area contributed by atoms with Crippen LogP contribution in [0.15, 0.2) is 0 Å². The first-order valence-electron chi connectivity index (χ1n) is 5.25. The number of β-amino-alcohol motifs (C(OH)–C–C–N with tert-alkyl or cyclic N) is 1. The monoisotopic (exact) mass is 169 g/mol. The molecule has 1 N–H and O–H groups in total. The summed E-state index contributed by atoms with van der Waals surface area (Å²) in [5.74, 6) is 0.954. The minimum atomic E-state index is -0.0428. The number of rotatable bonds is 2. The van der Waals surface area contributed by atoms with Crippen molar-refractivity contribution in [3.05, 3.63) is 0 Å². The molecule has 12 heavy (non-hydrogen) atoms. The molecule has 2 heteroatoms. The van der Waals surface area contributed by atoms with Gasteiger partial charge in [0.1, 0.15) is 0 Å². The summed E-state index contributed by atoms with van der Waals surface area (Å²) >= 11 is 0. The third-order valence-corrected chi connectivity index (χ3v) is 3.22. The Kier molecular flexibility index (Phi) is 2.66. The van der Waals surface area contributed by atoms with Crippen LogP contribution >= 0.6 is 0 Å². The highest BCUT2D eigenvalue weighted by molar-refractivity contribution is 4.78. The van der Waals surface area contributed by atoms with E-state index >= 15 is 0 Å². The summed E-state index contributed by atoms with van der Waals surface area (Å²) in [4.78, 5) is 2.44. The second-order valence-corrected chi connectivity index (χ2v) is 4.35. The van der Waals surface area contributed by atoms with E-state index in [-0.39, 0.29) is 6.10 Å². The summed E-state index contributed by atoms with van der Waals surface area (Å²) in [7, 11) is 0. The molecule has 2 nitrogen and oxygen atoms in total. The molecule has 0 amide bonds. The molecule has 1 atom stereocenters. The molecule has 1 aliphatic heterocycles. The van der Waals surface area contributed by atoms with Gasteiger partial charge in [-0.25, -0.2) is 0 Å². The van der Waals surface area contributed by atoms with Crippen molar-refractivity contribution in [2.45, 2.75) is 38.2 Å². The van der Waals surface area contributed by atoms with E-state index in [0.29, 0.717) is 0 Å². The van der Waals surface area contributed by atoms with Crippen molar-refractivity contribution >= 4 is 0 Å². The van der Waals surface area contributed by atoms with E-state index in [0.717, 1.165) is 18.9 Å². The second kappa shape index (κ2) is 3.75. The fourth-order valence-electron chi connectivity index (χ4n) is 2.24. The van der Waals surface area contributed by atoms with Crippen LogP contribution in [0.2, 0.25) is 0 Å². The smallest absolute Gasteiger partial charge is 0.0667 e. The van der Waals surface area contributed by atoms with Gasteiger partial charge in [-0.1, -0.05) is 6.42 Å². The fraction of sp³-hybridized carbons (Fsp3) is 1.00. The molecule has 1 heterocycles. The van der Waals surface area contributed by atoms with Crippen molar-refractivity contribution in [2.24, 2.45) is 5.92 Å². The van der Waals surface area contributed by atoms with E-state index in [1.165, 1.54) is 38.8 Å². The molecular formula is C10H19NO. The summed E-state index contributed by atoms with van der Waals surface area (Å²) in [6.07, 6.45) is 6.44. The van der Waals surface area contributed by atoms with Crippen LogP contribution < -0.4 is 0 Å². The third-order valence-electron chi connectivity index (χ3n) is 3.22. The fourth-order valence-corrected chi connectivity index (χ4v) is 2.24. The highest BCUT2D eigenvalue weighted by atomic mass is 16.3. The van der Waals surface area contributed by atoms with Gasteiger partial charge in [0.05, 0.1) is 6.10 Å². The summed E-state index contributed by atoms with van der Waals surface area (Å²) < 4.78 is 0. The molecule has 0 spiro atoms. The SMILES string of the molecule is O[C@H]1CCCN(CC2CCC2)C1. The lowest BCUT2D eigenvalue weighted by Crippen LogP contribution is -2.41.